The fourth-order valence-electron chi connectivity index (χ4n) is 3.14. The first kappa shape index (κ1) is 16.1. The molecule has 6 heteroatoms. The molecular formula is C15H27N3O3. The standard InChI is InChI=1S/C15H27N3O3/c1-11-9-18(10-12(2)21-11)15(20)17-8-7-16-14(19)13-5-3-4-6-13/h11-13H,3-10H2,1-2H3,(H,16,19)(H,17,20). The number of ether oxygens (including phenoxy) is 1. The van der Waals surface area contributed by atoms with Crippen LogP contribution in [0.1, 0.15) is 39.5 Å². The van der Waals surface area contributed by atoms with E-state index >= 15 is 0 Å². The van der Waals surface area contributed by atoms with E-state index in [4.69, 9.17) is 4.74 Å². The molecule has 1 aliphatic carbocycles. The molecule has 0 aromatic carbocycles. The second-order valence-corrected chi connectivity index (χ2v) is 6.17. The first-order valence-electron chi connectivity index (χ1n) is 8.02. The molecule has 1 saturated carbocycles. The van der Waals surface area contributed by atoms with Crippen LogP contribution in [-0.4, -0.2) is 55.2 Å². The van der Waals surface area contributed by atoms with Crippen LogP contribution in [0.15, 0.2) is 0 Å². The van der Waals surface area contributed by atoms with Crippen molar-refractivity contribution in [3.05, 3.63) is 0 Å². The van der Waals surface area contributed by atoms with E-state index in [-0.39, 0.29) is 30.1 Å². The van der Waals surface area contributed by atoms with Crippen molar-refractivity contribution in [1.82, 2.24) is 15.5 Å². The van der Waals surface area contributed by atoms with E-state index in [1.54, 1.807) is 4.90 Å². The van der Waals surface area contributed by atoms with E-state index in [1.165, 1.54) is 0 Å². The van der Waals surface area contributed by atoms with Crippen molar-refractivity contribution in [1.29, 1.82) is 0 Å². The highest BCUT2D eigenvalue weighted by Gasteiger charge is 2.26. The largest absolute Gasteiger partial charge is 0.372 e. The highest BCUT2D eigenvalue weighted by Crippen LogP contribution is 2.24. The quantitative estimate of drug-likeness (QED) is 0.764. The molecule has 1 heterocycles. The molecule has 3 amide bonds. The third-order valence-electron chi connectivity index (χ3n) is 4.13. The number of hydrogen-bond donors (Lipinski definition) is 2. The van der Waals surface area contributed by atoms with Gasteiger partial charge in [-0.15, -0.1) is 0 Å². The van der Waals surface area contributed by atoms with Gasteiger partial charge in [0.1, 0.15) is 0 Å². The Bertz CT molecular complexity index is 359. The van der Waals surface area contributed by atoms with Crippen molar-refractivity contribution in [2.45, 2.75) is 51.7 Å². The van der Waals surface area contributed by atoms with E-state index < -0.39 is 0 Å². The first-order valence-corrected chi connectivity index (χ1v) is 8.02. The summed E-state index contributed by atoms with van der Waals surface area (Å²) in [6, 6.07) is -0.0767. The summed E-state index contributed by atoms with van der Waals surface area (Å²) in [6.07, 6.45) is 4.46. The molecule has 2 N–H and O–H groups in total. The molecule has 6 nitrogen and oxygen atoms in total. The van der Waals surface area contributed by atoms with E-state index in [1.807, 2.05) is 13.8 Å². The van der Waals surface area contributed by atoms with Gasteiger partial charge in [0.25, 0.3) is 0 Å². The molecule has 120 valence electrons. The zero-order valence-electron chi connectivity index (χ0n) is 13.1. The minimum absolute atomic E-state index is 0.0709. The Hall–Kier alpha value is -1.30. The van der Waals surface area contributed by atoms with Gasteiger partial charge in [-0.25, -0.2) is 4.79 Å². The molecule has 2 rings (SSSR count). The van der Waals surface area contributed by atoms with Gasteiger partial charge >= 0.3 is 6.03 Å². The SMILES string of the molecule is CC1CN(C(=O)NCCNC(=O)C2CCCC2)CC(C)O1. The topological polar surface area (TPSA) is 70.7 Å². The predicted molar refractivity (Wildman–Crippen MR) is 79.9 cm³/mol. The van der Waals surface area contributed by atoms with Gasteiger partial charge in [-0.3, -0.25) is 4.79 Å². The highest BCUT2D eigenvalue weighted by atomic mass is 16.5. The van der Waals surface area contributed by atoms with E-state index in [2.05, 4.69) is 10.6 Å². The number of carbonyl (C=O) groups is 2. The molecule has 0 aromatic rings. The van der Waals surface area contributed by atoms with Gasteiger partial charge in [0, 0.05) is 32.1 Å². The minimum Gasteiger partial charge on any atom is -0.372 e. The molecule has 2 unspecified atom stereocenters. The summed E-state index contributed by atoms with van der Waals surface area (Å²) < 4.78 is 5.60. The number of rotatable bonds is 4. The van der Waals surface area contributed by atoms with Crippen molar-refractivity contribution in [3.63, 3.8) is 0 Å². The molecule has 0 aromatic heterocycles. The van der Waals surface area contributed by atoms with Crippen molar-refractivity contribution in [2.24, 2.45) is 5.92 Å². The fourth-order valence-corrected chi connectivity index (χ4v) is 3.14. The number of morpholine rings is 1. The maximum absolute atomic E-state index is 12.0. The second-order valence-electron chi connectivity index (χ2n) is 6.17. The summed E-state index contributed by atoms with van der Waals surface area (Å²) in [5.41, 5.74) is 0. The van der Waals surface area contributed by atoms with Crippen LogP contribution in [0.5, 0.6) is 0 Å². The van der Waals surface area contributed by atoms with Crippen LogP contribution in [0.25, 0.3) is 0 Å². The molecule has 0 spiro atoms. The average Bonchev–Trinajstić information content (AvgIpc) is 2.96. The average molecular weight is 297 g/mol. The summed E-state index contributed by atoms with van der Waals surface area (Å²) in [6.45, 7) is 6.14. The zero-order chi connectivity index (χ0) is 15.2. The van der Waals surface area contributed by atoms with Crippen molar-refractivity contribution in [2.75, 3.05) is 26.2 Å². The normalized spacial score (nSPS) is 26.7. The molecule has 1 saturated heterocycles. The lowest BCUT2D eigenvalue weighted by molar-refractivity contribution is -0.124. The third kappa shape index (κ3) is 4.88. The first-order chi connectivity index (χ1) is 10.1. The molecule has 1 aliphatic heterocycles. The van der Waals surface area contributed by atoms with Crippen LogP contribution < -0.4 is 10.6 Å². The summed E-state index contributed by atoms with van der Waals surface area (Å²) in [4.78, 5) is 25.6. The zero-order valence-corrected chi connectivity index (χ0v) is 13.1. The number of nitrogens with zero attached hydrogens (tertiary/aromatic N) is 1. The maximum atomic E-state index is 12.0. The Labute approximate surface area is 126 Å². The molecule has 2 fully saturated rings. The van der Waals surface area contributed by atoms with Gasteiger partial charge in [-0.05, 0) is 26.7 Å². The number of carbonyl (C=O) groups excluding carboxylic acids is 2. The van der Waals surface area contributed by atoms with Crippen molar-refractivity contribution < 1.29 is 14.3 Å². The molecule has 2 aliphatic rings. The monoisotopic (exact) mass is 297 g/mol. The third-order valence-corrected chi connectivity index (χ3v) is 4.13. The second kappa shape index (κ2) is 7.64. The lowest BCUT2D eigenvalue weighted by atomic mass is 10.1. The predicted octanol–water partition coefficient (Wildman–Crippen LogP) is 1.11. The smallest absolute Gasteiger partial charge is 0.317 e. The number of nitrogens with one attached hydrogen (secondary N) is 2. The van der Waals surface area contributed by atoms with Crippen LogP contribution in [0.3, 0.4) is 0 Å². The van der Waals surface area contributed by atoms with Gasteiger partial charge in [0.2, 0.25) is 5.91 Å². The summed E-state index contributed by atoms with van der Waals surface area (Å²) in [7, 11) is 0. The molecule has 21 heavy (non-hydrogen) atoms. The Morgan fingerprint density at radius 3 is 2.24 bits per heavy atom. The lowest BCUT2D eigenvalue weighted by Gasteiger charge is -2.35. The van der Waals surface area contributed by atoms with Crippen molar-refractivity contribution in [3.8, 4) is 0 Å². The lowest BCUT2D eigenvalue weighted by Crippen LogP contribution is -2.52. The molecule has 0 radical (unpaired) electrons. The fraction of sp³-hybridized carbons (Fsp3) is 0.867. The van der Waals surface area contributed by atoms with Crippen LogP contribution in [0, 0.1) is 5.92 Å². The van der Waals surface area contributed by atoms with Crippen molar-refractivity contribution >= 4 is 11.9 Å². The Morgan fingerprint density at radius 2 is 1.62 bits per heavy atom. The van der Waals surface area contributed by atoms with Gasteiger partial charge in [-0.2, -0.15) is 0 Å². The van der Waals surface area contributed by atoms with E-state index in [0.717, 1.165) is 25.7 Å². The molecule has 2 atom stereocenters. The number of hydrogen-bond acceptors (Lipinski definition) is 3. The minimum atomic E-state index is -0.0767. The van der Waals surface area contributed by atoms with Crippen LogP contribution in [0.4, 0.5) is 4.79 Å². The Morgan fingerprint density at radius 1 is 1.05 bits per heavy atom. The Balaban J connectivity index is 1.61. The van der Waals surface area contributed by atoms with Gasteiger partial charge in [-0.1, -0.05) is 12.8 Å². The molecule has 0 bridgehead atoms. The number of urea groups is 1. The molecular weight excluding hydrogens is 270 g/mol. The van der Waals surface area contributed by atoms with Gasteiger partial charge < -0.3 is 20.3 Å². The van der Waals surface area contributed by atoms with Gasteiger partial charge in [0.15, 0.2) is 0 Å². The summed E-state index contributed by atoms with van der Waals surface area (Å²) in [5.74, 6) is 0.317. The summed E-state index contributed by atoms with van der Waals surface area (Å²) in [5, 5.41) is 5.76. The van der Waals surface area contributed by atoms with Crippen LogP contribution in [-0.2, 0) is 9.53 Å². The maximum Gasteiger partial charge on any atom is 0.317 e. The van der Waals surface area contributed by atoms with Gasteiger partial charge in [0.05, 0.1) is 12.2 Å². The van der Waals surface area contributed by atoms with E-state index in [9.17, 15) is 9.59 Å². The highest BCUT2D eigenvalue weighted by molar-refractivity contribution is 5.79. The van der Waals surface area contributed by atoms with Crippen LogP contribution >= 0.6 is 0 Å². The Kier molecular flexibility index (Phi) is 5.85. The summed E-state index contributed by atoms with van der Waals surface area (Å²) >= 11 is 0. The van der Waals surface area contributed by atoms with Crippen LogP contribution in [0.2, 0.25) is 0 Å². The van der Waals surface area contributed by atoms with E-state index in [0.29, 0.717) is 26.2 Å². The number of amides is 3.